The van der Waals surface area contributed by atoms with Gasteiger partial charge in [0.1, 0.15) is 11.4 Å². The topological polar surface area (TPSA) is 106 Å². The SMILES string of the molecule is CN1CCC(N(C)c2ncc3c(n2)Nc2cc(NC(=O)N4CCCC4)ccc2NC3=O)CC1. The Kier molecular flexibility index (Phi) is 5.76. The summed E-state index contributed by atoms with van der Waals surface area (Å²) in [4.78, 5) is 40.7. The molecule has 10 nitrogen and oxygen atoms in total. The fraction of sp³-hybridized carbons (Fsp3) is 0.478. The summed E-state index contributed by atoms with van der Waals surface area (Å²) in [6.45, 7) is 3.64. The van der Waals surface area contributed by atoms with Gasteiger partial charge >= 0.3 is 6.03 Å². The van der Waals surface area contributed by atoms with Crippen molar-refractivity contribution in [1.29, 1.82) is 0 Å². The summed E-state index contributed by atoms with van der Waals surface area (Å²) >= 11 is 0. The van der Waals surface area contributed by atoms with Crippen LogP contribution in [0.15, 0.2) is 24.4 Å². The van der Waals surface area contributed by atoms with Gasteiger partial charge in [-0.15, -0.1) is 0 Å². The fourth-order valence-electron chi connectivity index (χ4n) is 4.62. The van der Waals surface area contributed by atoms with Crippen molar-refractivity contribution in [2.24, 2.45) is 0 Å². The van der Waals surface area contributed by atoms with Crippen LogP contribution in [0.1, 0.15) is 36.0 Å². The minimum atomic E-state index is -0.265. The van der Waals surface area contributed by atoms with E-state index in [0.717, 1.165) is 51.9 Å². The van der Waals surface area contributed by atoms with Gasteiger partial charge in [0.2, 0.25) is 5.95 Å². The monoisotopic (exact) mass is 450 g/mol. The second-order valence-corrected chi connectivity index (χ2v) is 9.04. The molecule has 0 saturated carbocycles. The molecule has 0 unspecified atom stereocenters. The first-order chi connectivity index (χ1) is 16.0. The van der Waals surface area contributed by atoms with Gasteiger partial charge in [-0.05, 0) is 64.0 Å². The van der Waals surface area contributed by atoms with Gasteiger partial charge in [0, 0.05) is 38.1 Å². The molecule has 0 spiro atoms. The predicted octanol–water partition coefficient (Wildman–Crippen LogP) is 2.94. The first-order valence-corrected chi connectivity index (χ1v) is 11.5. The minimum absolute atomic E-state index is 0.102. The molecule has 2 saturated heterocycles. The molecule has 0 radical (unpaired) electrons. The molecular formula is C23H30N8O2. The molecule has 3 N–H and O–H groups in total. The molecule has 0 aliphatic carbocycles. The minimum Gasteiger partial charge on any atom is -0.341 e. The Morgan fingerprint density at radius 1 is 1.12 bits per heavy atom. The molecule has 1 aromatic carbocycles. The van der Waals surface area contributed by atoms with E-state index >= 15 is 0 Å². The van der Waals surface area contributed by atoms with Crippen LogP contribution < -0.4 is 20.9 Å². The molecule has 0 atom stereocenters. The average molecular weight is 451 g/mol. The van der Waals surface area contributed by atoms with Gasteiger partial charge in [-0.25, -0.2) is 9.78 Å². The molecule has 3 aliphatic heterocycles. The number of nitrogens with zero attached hydrogens (tertiary/aromatic N) is 5. The van der Waals surface area contributed by atoms with Gasteiger partial charge in [0.25, 0.3) is 5.91 Å². The number of carbonyl (C=O) groups excluding carboxylic acids is 2. The van der Waals surface area contributed by atoms with Crippen molar-refractivity contribution in [3.63, 3.8) is 0 Å². The van der Waals surface area contributed by atoms with E-state index in [1.54, 1.807) is 18.3 Å². The number of urea groups is 1. The molecule has 3 aliphatic rings. The third kappa shape index (κ3) is 4.43. The fourth-order valence-corrected chi connectivity index (χ4v) is 4.62. The number of nitrogens with one attached hydrogen (secondary N) is 3. The third-order valence-electron chi connectivity index (χ3n) is 6.74. The highest BCUT2D eigenvalue weighted by Crippen LogP contribution is 2.34. The van der Waals surface area contributed by atoms with E-state index in [9.17, 15) is 9.59 Å². The Balaban J connectivity index is 1.38. The number of likely N-dealkylation sites (tertiary alicyclic amines) is 2. The Bertz CT molecular complexity index is 1060. The first-order valence-electron chi connectivity index (χ1n) is 11.5. The molecule has 33 heavy (non-hydrogen) atoms. The molecule has 4 heterocycles. The Morgan fingerprint density at radius 2 is 1.88 bits per heavy atom. The molecule has 174 valence electrons. The summed E-state index contributed by atoms with van der Waals surface area (Å²) in [5.74, 6) is 0.781. The zero-order chi connectivity index (χ0) is 22.9. The highest BCUT2D eigenvalue weighted by Gasteiger charge is 2.26. The van der Waals surface area contributed by atoms with E-state index in [2.05, 4.69) is 37.8 Å². The standard InChI is InChI=1S/C23H30N8O2/c1-29-11-7-16(8-12-29)30(2)22-24-14-17-20(28-22)26-19-13-15(5-6-18(19)27-21(17)32)25-23(33)31-9-3-4-10-31/h5-6,13-14,16H,3-4,7-12H2,1-2H3,(H,25,33)(H,27,32)(H,24,26,28). The highest BCUT2D eigenvalue weighted by molar-refractivity contribution is 6.11. The van der Waals surface area contributed by atoms with Crippen LogP contribution in [-0.2, 0) is 0 Å². The van der Waals surface area contributed by atoms with Crippen molar-refractivity contribution in [2.75, 3.05) is 61.1 Å². The van der Waals surface area contributed by atoms with Crippen molar-refractivity contribution in [3.8, 4) is 0 Å². The summed E-state index contributed by atoms with van der Waals surface area (Å²) in [5.41, 5.74) is 2.35. The number of benzene rings is 1. The molecule has 2 aromatic rings. The van der Waals surface area contributed by atoms with E-state index in [4.69, 9.17) is 4.98 Å². The first kappa shape index (κ1) is 21.4. The van der Waals surface area contributed by atoms with Gasteiger partial charge in [0.05, 0.1) is 11.4 Å². The number of rotatable bonds is 3. The van der Waals surface area contributed by atoms with Gasteiger partial charge in [-0.2, -0.15) is 4.98 Å². The lowest BCUT2D eigenvalue weighted by atomic mass is 10.0. The van der Waals surface area contributed by atoms with Crippen molar-refractivity contribution in [2.45, 2.75) is 31.7 Å². The van der Waals surface area contributed by atoms with Gasteiger partial charge in [0.15, 0.2) is 0 Å². The normalized spacial score (nSPS) is 18.6. The molecular weight excluding hydrogens is 420 g/mol. The number of piperidine rings is 1. The largest absolute Gasteiger partial charge is 0.341 e. The summed E-state index contributed by atoms with van der Waals surface area (Å²) in [5, 5.41) is 9.15. The lowest BCUT2D eigenvalue weighted by Gasteiger charge is -2.35. The third-order valence-corrected chi connectivity index (χ3v) is 6.74. The van der Waals surface area contributed by atoms with Crippen LogP contribution in [0.25, 0.3) is 0 Å². The van der Waals surface area contributed by atoms with Crippen LogP contribution in [0.2, 0.25) is 0 Å². The van der Waals surface area contributed by atoms with E-state index in [1.165, 1.54) is 0 Å². The van der Waals surface area contributed by atoms with E-state index in [-0.39, 0.29) is 11.9 Å². The molecule has 5 rings (SSSR count). The Labute approximate surface area is 193 Å². The van der Waals surface area contributed by atoms with Gasteiger partial charge in [-0.3, -0.25) is 4.79 Å². The summed E-state index contributed by atoms with van der Waals surface area (Å²) in [7, 11) is 4.14. The van der Waals surface area contributed by atoms with Crippen LogP contribution in [0.4, 0.5) is 33.6 Å². The maximum Gasteiger partial charge on any atom is 0.321 e. The predicted molar refractivity (Wildman–Crippen MR) is 128 cm³/mol. The zero-order valence-electron chi connectivity index (χ0n) is 19.1. The van der Waals surface area contributed by atoms with Crippen molar-refractivity contribution >= 4 is 40.8 Å². The van der Waals surface area contributed by atoms with E-state index < -0.39 is 0 Å². The lowest BCUT2D eigenvalue weighted by Crippen LogP contribution is -2.42. The van der Waals surface area contributed by atoms with Crippen LogP contribution in [0, 0.1) is 0 Å². The van der Waals surface area contributed by atoms with Crippen molar-refractivity contribution in [3.05, 3.63) is 30.0 Å². The molecule has 1 aromatic heterocycles. The average Bonchev–Trinajstić information content (AvgIpc) is 3.31. The molecule has 2 fully saturated rings. The number of amides is 3. The highest BCUT2D eigenvalue weighted by atomic mass is 16.2. The summed E-state index contributed by atoms with van der Waals surface area (Å²) in [6.07, 6.45) is 5.74. The second-order valence-electron chi connectivity index (χ2n) is 9.04. The molecule has 0 bridgehead atoms. The van der Waals surface area contributed by atoms with Gasteiger partial charge < -0.3 is 30.7 Å². The van der Waals surface area contributed by atoms with Crippen LogP contribution in [0.3, 0.4) is 0 Å². The van der Waals surface area contributed by atoms with Crippen LogP contribution in [-0.4, -0.2) is 78.0 Å². The smallest absolute Gasteiger partial charge is 0.321 e. The Hall–Kier alpha value is -3.40. The Morgan fingerprint density at radius 3 is 2.64 bits per heavy atom. The number of anilines is 5. The number of aromatic nitrogens is 2. The zero-order valence-corrected chi connectivity index (χ0v) is 19.1. The molecule has 3 amide bonds. The molecule has 10 heteroatoms. The number of hydrogen-bond donors (Lipinski definition) is 3. The number of hydrogen-bond acceptors (Lipinski definition) is 7. The van der Waals surface area contributed by atoms with Crippen LogP contribution in [0.5, 0.6) is 0 Å². The number of fused-ring (bicyclic) bond motifs is 2. The van der Waals surface area contributed by atoms with E-state index in [0.29, 0.717) is 40.4 Å². The van der Waals surface area contributed by atoms with Crippen molar-refractivity contribution in [1.82, 2.24) is 19.8 Å². The summed E-state index contributed by atoms with van der Waals surface area (Å²) < 4.78 is 0. The maximum absolute atomic E-state index is 12.8. The summed E-state index contributed by atoms with van der Waals surface area (Å²) in [6, 6.07) is 5.65. The van der Waals surface area contributed by atoms with Crippen LogP contribution >= 0.6 is 0 Å². The lowest BCUT2D eigenvalue weighted by molar-refractivity contribution is 0.102. The van der Waals surface area contributed by atoms with Gasteiger partial charge in [-0.1, -0.05) is 0 Å². The van der Waals surface area contributed by atoms with Crippen molar-refractivity contribution < 1.29 is 9.59 Å². The second kappa shape index (κ2) is 8.86. The van der Waals surface area contributed by atoms with E-state index in [1.807, 2.05) is 18.0 Å². The number of carbonyl (C=O) groups is 2. The maximum atomic E-state index is 12.8. The quantitative estimate of drug-likeness (QED) is 0.660.